The number of thiophene rings is 1. The molecule has 0 fully saturated rings. The second-order valence-corrected chi connectivity index (χ2v) is 5.72. The van der Waals surface area contributed by atoms with Gasteiger partial charge in [-0.05, 0) is 41.5 Å². The monoisotopic (exact) mass is 259 g/mol. The highest BCUT2D eigenvalue weighted by molar-refractivity contribution is 7.09. The van der Waals surface area contributed by atoms with Crippen LogP contribution in [0.4, 0.5) is 0 Å². The average molecular weight is 259 g/mol. The number of nitrogens with two attached hydrogens (primary N) is 1. The van der Waals surface area contributed by atoms with Crippen LogP contribution in [0, 0.1) is 0 Å². The van der Waals surface area contributed by atoms with Gasteiger partial charge in [0, 0.05) is 17.3 Å². The smallest absolute Gasteiger partial charge is 0.122 e. The van der Waals surface area contributed by atoms with E-state index in [0.717, 1.165) is 31.6 Å². The molecule has 1 aliphatic rings. The Hall–Kier alpha value is -1.32. The molecule has 94 valence electrons. The normalized spacial score (nSPS) is 15.2. The number of rotatable bonds is 4. The fourth-order valence-corrected chi connectivity index (χ4v) is 3.08. The van der Waals surface area contributed by atoms with Crippen LogP contribution in [0.5, 0.6) is 5.75 Å². The lowest BCUT2D eigenvalue weighted by Gasteiger charge is -2.12. The highest BCUT2D eigenvalue weighted by Crippen LogP contribution is 2.29. The second kappa shape index (κ2) is 5.12. The maximum absolute atomic E-state index is 6.27. The molecule has 2 aromatic rings. The zero-order valence-corrected chi connectivity index (χ0v) is 11.1. The van der Waals surface area contributed by atoms with Gasteiger partial charge in [-0.1, -0.05) is 18.2 Å². The van der Waals surface area contributed by atoms with E-state index in [1.54, 1.807) is 11.3 Å². The summed E-state index contributed by atoms with van der Waals surface area (Å²) in [6.45, 7) is 0.809. The third kappa shape index (κ3) is 2.42. The minimum atomic E-state index is 0.123. The Kier molecular flexibility index (Phi) is 3.35. The second-order valence-electron chi connectivity index (χ2n) is 4.69. The quantitative estimate of drug-likeness (QED) is 0.914. The van der Waals surface area contributed by atoms with Crippen molar-refractivity contribution in [1.82, 2.24) is 0 Å². The molecule has 0 amide bonds. The molecule has 3 heteroatoms. The summed E-state index contributed by atoms with van der Waals surface area (Å²) in [6.07, 6.45) is 3.08. The summed E-state index contributed by atoms with van der Waals surface area (Å²) >= 11 is 1.80. The van der Waals surface area contributed by atoms with Gasteiger partial charge in [-0.2, -0.15) is 0 Å². The number of aryl methyl sites for hydroxylation is 1. The summed E-state index contributed by atoms with van der Waals surface area (Å²) in [5.41, 5.74) is 8.81. The standard InChI is InChI=1S/C15H17NOS/c16-14(5-4-13-2-1-9-18-13)11-3-6-15-12(10-11)7-8-17-15/h1-3,6,9-10,14H,4-5,7-8,16H2. The van der Waals surface area contributed by atoms with E-state index in [9.17, 15) is 0 Å². The molecule has 0 spiro atoms. The molecule has 1 atom stereocenters. The van der Waals surface area contributed by atoms with Crippen LogP contribution in [-0.4, -0.2) is 6.61 Å². The Balaban J connectivity index is 1.67. The third-order valence-corrected chi connectivity index (χ3v) is 4.36. The minimum absolute atomic E-state index is 0.123. The number of hydrogen-bond donors (Lipinski definition) is 1. The average Bonchev–Trinajstić information content (AvgIpc) is 3.05. The van der Waals surface area contributed by atoms with Crippen LogP contribution in [-0.2, 0) is 12.8 Å². The first kappa shape index (κ1) is 11.8. The van der Waals surface area contributed by atoms with Gasteiger partial charge in [0.05, 0.1) is 6.61 Å². The number of benzene rings is 1. The van der Waals surface area contributed by atoms with Crippen molar-refractivity contribution in [1.29, 1.82) is 0 Å². The summed E-state index contributed by atoms with van der Waals surface area (Å²) in [6, 6.07) is 10.8. The van der Waals surface area contributed by atoms with E-state index in [4.69, 9.17) is 10.5 Å². The van der Waals surface area contributed by atoms with E-state index >= 15 is 0 Å². The van der Waals surface area contributed by atoms with Gasteiger partial charge >= 0.3 is 0 Å². The van der Waals surface area contributed by atoms with Gasteiger partial charge < -0.3 is 10.5 Å². The van der Waals surface area contributed by atoms with Gasteiger partial charge in [0.25, 0.3) is 0 Å². The van der Waals surface area contributed by atoms with E-state index in [-0.39, 0.29) is 6.04 Å². The van der Waals surface area contributed by atoms with Crippen molar-refractivity contribution in [2.45, 2.75) is 25.3 Å². The molecule has 1 aromatic carbocycles. The topological polar surface area (TPSA) is 35.2 Å². The number of hydrogen-bond acceptors (Lipinski definition) is 3. The molecular weight excluding hydrogens is 242 g/mol. The van der Waals surface area contributed by atoms with Crippen LogP contribution in [0.25, 0.3) is 0 Å². The van der Waals surface area contributed by atoms with Gasteiger partial charge in [-0.3, -0.25) is 0 Å². The molecule has 18 heavy (non-hydrogen) atoms. The molecule has 1 aliphatic heterocycles. The zero-order chi connectivity index (χ0) is 12.4. The maximum Gasteiger partial charge on any atom is 0.122 e. The molecule has 2 nitrogen and oxygen atoms in total. The van der Waals surface area contributed by atoms with E-state index in [1.165, 1.54) is 16.0 Å². The summed E-state index contributed by atoms with van der Waals surface area (Å²) in [5.74, 6) is 1.03. The Morgan fingerprint density at radius 2 is 2.28 bits per heavy atom. The van der Waals surface area contributed by atoms with Gasteiger partial charge in [0.15, 0.2) is 0 Å². The zero-order valence-electron chi connectivity index (χ0n) is 10.3. The van der Waals surface area contributed by atoms with Crippen molar-refractivity contribution >= 4 is 11.3 Å². The minimum Gasteiger partial charge on any atom is -0.493 e. The largest absolute Gasteiger partial charge is 0.493 e. The fraction of sp³-hybridized carbons (Fsp3) is 0.333. The Bertz CT molecular complexity index is 521. The van der Waals surface area contributed by atoms with Gasteiger partial charge in [0.1, 0.15) is 5.75 Å². The molecule has 0 saturated heterocycles. The molecule has 0 bridgehead atoms. The molecule has 0 aliphatic carbocycles. The summed E-state index contributed by atoms with van der Waals surface area (Å²) in [5, 5.41) is 2.12. The highest BCUT2D eigenvalue weighted by atomic mass is 32.1. The van der Waals surface area contributed by atoms with Gasteiger partial charge in [0.2, 0.25) is 0 Å². The van der Waals surface area contributed by atoms with E-state index in [0.29, 0.717) is 0 Å². The van der Waals surface area contributed by atoms with Gasteiger partial charge in [-0.15, -0.1) is 11.3 Å². The maximum atomic E-state index is 6.27. The SMILES string of the molecule is NC(CCc1cccs1)c1ccc2c(c1)CCO2. The number of fused-ring (bicyclic) bond motifs is 1. The van der Waals surface area contributed by atoms with Crippen LogP contribution in [0.3, 0.4) is 0 Å². The first-order valence-corrected chi connectivity index (χ1v) is 7.24. The van der Waals surface area contributed by atoms with Crippen LogP contribution in [0.1, 0.15) is 28.5 Å². The third-order valence-electron chi connectivity index (χ3n) is 3.42. The van der Waals surface area contributed by atoms with Crippen LogP contribution >= 0.6 is 11.3 Å². The van der Waals surface area contributed by atoms with E-state index in [2.05, 4.69) is 35.7 Å². The summed E-state index contributed by atoms with van der Waals surface area (Å²) in [4.78, 5) is 1.41. The lowest BCUT2D eigenvalue weighted by Crippen LogP contribution is -2.11. The lowest BCUT2D eigenvalue weighted by atomic mass is 9.99. The van der Waals surface area contributed by atoms with Crippen LogP contribution in [0.15, 0.2) is 35.7 Å². The molecule has 0 radical (unpaired) electrons. The molecule has 2 heterocycles. The highest BCUT2D eigenvalue weighted by Gasteiger charge is 2.14. The molecule has 0 saturated carbocycles. The molecular formula is C15H17NOS. The van der Waals surface area contributed by atoms with E-state index < -0.39 is 0 Å². The Labute approximate surface area is 111 Å². The molecule has 1 unspecified atom stereocenters. The van der Waals surface area contributed by atoms with Gasteiger partial charge in [-0.25, -0.2) is 0 Å². The van der Waals surface area contributed by atoms with Crippen molar-refractivity contribution in [2.75, 3.05) is 6.61 Å². The van der Waals surface area contributed by atoms with Crippen molar-refractivity contribution in [3.05, 3.63) is 51.7 Å². The van der Waals surface area contributed by atoms with E-state index in [1.807, 2.05) is 0 Å². The van der Waals surface area contributed by atoms with Crippen molar-refractivity contribution in [3.63, 3.8) is 0 Å². The van der Waals surface area contributed by atoms with Crippen molar-refractivity contribution in [3.8, 4) is 5.75 Å². The summed E-state index contributed by atoms with van der Waals surface area (Å²) in [7, 11) is 0. The van der Waals surface area contributed by atoms with Crippen LogP contribution < -0.4 is 10.5 Å². The lowest BCUT2D eigenvalue weighted by molar-refractivity contribution is 0.357. The molecule has 3 rings (SSSR count). The Morgan fingerprint density at radius 3 is 3.11 bits per heavy atom. The first-order valence-electron chi connectivity index (χ1n) is 6.36. The predicted molar refractivity (Wildman–Crippen MR) is 75.2 cm³/mol. The number of ether oxygens (including phenoxy) is 1. The fourth-order valence-electron chi connectivity index (χ4n) is 2.36. The van der Waals surface area contributed by atoms with Crippen molar-refractivity contribution in [2.24, 2.45) is 5.73 Å². The molecule has 2 N–H and O–H groups in total. The van der Waals surface area contributed by atoms with Crippen molar-refractivity contribution < 1.29 is 4.74 Å². The Morgan fingerprint density at radius 1 is 1.33 bits per heavy atom. The summed E-state index contributed by atoms with van der Waals surface area (Å²) < 4.78 is 5.51. The van der Waals surface area contributed by atoms with Crippen LogP contribution in [0.2, 0.25) is 0 Å². The first-order chi connectivity index (χ1) is 8.83. The molecule has 1 aromatic heterocycles. The predicted octanol–water partition coefficient (Wildman–Crippen LogP) is 3.32.